The molecule has 0 saturated carbocycles. The Morgan fingerprint density at radius 2 is 1.15 bits per heavy atom. The highest BCUT2D eigenvalue weighted by molar-refractivity contribution is 5.88. The number of aliphatic hydroxyl groups excluding tert-OH is 2. The fraction of sp³-hybridized carbons (Fsp3) is 0.239. The molecule has 0 bridgehead atoms. The van der Waals surface area contributed by atoms with E-state index in [1.165, 1.54) is 29.8 Å². The third-order valence-corrected chi connectivity index (χ3v) is 19.9. The molecule has 0 amide bonds. The summed E-state index contributed by atoms with van der Waals surface area (Å²) in [6, 6.07) is 44.7. The molecule has 2 fully saturated rings. The van der Waals surface area contributed by atoms with Crippen LogP contribution >= 0.6 is 0 Å². The van der Waals surface area contributed by atoms with E-state index >= 15 is 0 Å². The van der Waals surface area contributed by atoms with Gasteiger partial charge in [0.1, 0.15) is 11.5 Å². The molecule has 0 spiro atoms. The predicted octanol–water partition coefficient (Wildman–Crippen LogP) is 14.2. The third-order valence-electron chi connectivity index (χ3n) is 19.9. The van der Waals surface area contributed by atoms with Gasteiger partial charge in [-0.3, -0.25) is 9.97 Å². The summed E-state index contributed by atoms with van der Waals surface area (Å²) in [5, 5.41) is 38.3. The summed E-state index contributed by atoms with van der Waals surface area (Å²) < 4.78 is 24.4. The molecule has 17 rings (SSSR count). The Morgan fingerprint density at radius 3 is 1.77 bits per heavy atom. The summed E-state index contributed by atoms with van der Waals surface area (Å²) in [4.78, 5) is 65.5. The quantitative estimate of drug-likeness (QED) is 0.0274. The van der Waals surface area contributed by atoms with Crippen LogP contribution in [0.4, 0.5) is 51.7 Å². The maximum absolute atomic E-state index is 11.1. The van der Waals surface area contributed by atoms with Gasteiger partial charge in [0.15, 0.2) is 45.9 Å². The first-order chi connectivity index (χ1) is 57.0. The van der Waals surface area contributed by atoms with Crippen LogP contribution < -0.4 is 45.0 Å². The number of hydrogen-bond acceptors (Lipinski definition) is 23. The number of morpholine rings is 1. The fourth-order valence-electron chi connectivity index (χ4n) is 13.8. The topological polar surface area (TPSA) is 301 Å². The maximum atomic E-state index is 11.1. The molecule has 0 radical (unpaired) electrons. The van der Waals surface area contributed by atoms with Crippen molar-refractivity contribution < 1.29 is 34.3 Å². The minimum Gasteiger partial charge on any atom is -0.496 e. The van der Waals surface area contributed by atoms with E-state index in [0.717, 1.165) is 163 Å². The number of nitrogens with one attached hydrogen (secondary N) is 3. The van der Waals surface area contributed by atoms with Gasteiger partial charge >= 0.3 is 5.97 Å². The van der Waals surface area contributed by atoms with E-state index in [4.69, 9.17) is 39.3 Å². The lowest BCUT2D eigenvalue weighted by Gasteiger charge is -2.36. The zero-order valence-electron chi connectivity index (χ0n) is 65.2. The van der Waals surface area contributed by atoms with Crippen LogP contribution in [0.3, 0.4) is 0 Å². The van der Waals surface area contributed by atoms with Gasteiger partial charge < -0.3 is 82.7 Å². The van der Waals surface area contributed by atoms with Crippen LogP contribution in [-0.2, 0) is 17.8 Å². The van der Waals surface area contributed by atoms with Crippen molar-refractivity contribution in [2.45, 2.75) is 46.1 Å². The number of allylic oxidation sites excluding steroid dienone is 1. The van der Waals surface area contributed by atoms with E-state index in [1.54, 1.807) is 69.5 Å². The molecule has 5 aromatic carbocycles. The fourth-order valence-corrected chi connectivity index (χ4v) is 13.8. The molecule has 10 aromatic heterocycles. The second-order valence-corrected chi connectivity index (χ2v) is 27.3. The van der Waals surface area contributed by atoms with Crippen molar-refractivity contribution in [3.8, 4) is 45.3 Å². The number of aliphatic hydroxyl groups is 2. The van der Waals surface area contributed by atoms with Crippen molar-refractivity contribution in [1.82, 2.24) is 67.4 Å². The van der Waals surface area contributed by atoms with Crippen LogP contribution in [0.2, 0.25) is 0 Å². The highest BCUT2D eigenvalue weighted by atomic mass is 16.5. The number of nitrogens with zero attached hydrogens (tertiary/aromatic N) is 18. The van der Waals surface area contributed by atoms with Crippen molar-refractivity contribution in [2.24, 2.45) is 0 Å². The molecule has 6 N–H and O–H groups in total. The Kier molecular flexibility index (Phi) is 26.2. The molecule has 0 atom stereocenters. The van der Waals surface area contributed by atoms with Crippen molar-refractivity contribution in [1.29, 1.82) is 0 Å². The van der Waals surface area contributed by atoms with Gasteiger partial charge in [-0.05, 0) is 128 Å². The van der Waals surface area contributed by atoms with Crippen molar-refractivity contribution >= 4 is 86.3 Å². The van der Waals surface area contributed by atoms with Crippen molar-refractivity contribution in [3.05, 3.63) is 267 Å². The van der Waals surface area contributed by atoms with Crippen molar-refractivity contribution in [3.63, 3.8) is 0 Å². The maximum Gasteiger partial charge on any atom is 0.335 e. The average Bonchev–Trinajstić information content (AvgIpc) is 1.48. The van der Waals surface area contributed by atoms with E-state index in [2.05, 4.69) is 122 Å². The predicted molar refractivity (Wildman–Crippen MR) is 455 cm³/mol. The summed E-state index contributed by atoms with van der Waals surface area (Å²) >= 11 is 0. The zero-order valence-corrected chi connectivity index (χ0v) is 65.2. The first kappa shape index (κ1) is 78.8. The first-order valence-electron chi connectivity index (χ1n) is 38.8. The minimum absolute atomic E-state index is 0.0361. The molecule has 12 heterocycles. The molecule has 0 unspecified atom stereocenters. The number of hydrogen-bond donors (Lipinski definition) is 6. The van der Waals surface area contributed by atoms with Crippen molar-refractivity contribution in [2.75, 3.05) is 128 Å². The number of aromatic carboxylic acids is 1. The zero-order chi connectivity index (χ0) is 80.0. The van der Waals surface area contributed by atoms with Gasteiger partial charge in [-0.15, -0.1) is 0 Å². The number of likely N-dealkylation sites (N-methyl/N-ethyl adjacent to an activating group) is 1. The molecular formula is C88H93N21O7. The summed E-state index contributed by atoms with van der Waals surface area (Å²) in [6.07, 6.45) is 38.5. The summed E-state index contributed by atoms with van der Waals surface area (Å²) in [5.74, 6) is 3.37. The summed E-state index contributed by atoms with van der Waals surface area (Å²) in [7, 11) is 3.26. The van der Waals surface area contributed by atoms with Gasteiger partial charge in [0.2, 0.25) is 0 Å². The number of benzene rings is 5. The summed E-state index contributed by atoms with van der Waals surface area (Å²) in [5.41, 5.74) is 16.4. The minimum atomic E-state index is -0.938. The summed E-state index contributed by atoms with van der Waals surface area (Å²) in [6.45, 7) is 13.4. The molecule has 2 saturated heterocycles. The number of aromatic nitrogens is 14. The standard InChI is InChI=1S/C24H27N5O3.C23H23N5O2.C22H20N6O2.C19H23N5/c1-4-28(14-15-30)18-10-8-17(9-11-18)26-23-24-25-12-13-29(24)16-19(27-23)22-20(31-2)6-5-7-21(22)32-3;29-16-17-3-1-2-4-20(17)21-15-28-10-9-24-23(28)22(26-21)25-18-5-7-19(8-6-18)27-11-13-30-14-12-27;29-22(30)17-3-1-16(2-4-17)19-15-28-10-9-24-20(28)21(25-19)27-13-11-26(12-14-27)18-5-7-23-8-6-18;1-2-3-4-5-8-17-15-24-13-12-22-19(24)18(23-17)21-11-9-16-7-6-10-20-14-16/h5-13,16,30H,4,14-15H2,1-3H3,(H,26,27);1-10,15,29H,11-14,16H2,(H,25,26);1-10,15H,11-14H2,(H,29,30);5-8,10,12-15H,2-4,9,11H2,1H3,(H,21,23)/b;;;8-5+. The monoisotopic (exact) mass is 1560 g/mol. The average molecular weight is 1560 g/mol. The Bertz CT molecular complexity index is 5690. The lowest BCUT2D eigenvalue weighted by Crippen LogP contribution is -2.47. The number of piperazine rings is 1. The van der Waals surface area contributed by atoms with Gasteiger partial charge in [0.05, 0.1) is 74.5 Å². The van der Waals surface area contributed by atoms with Gasteiger partial charge in [0, 0.05) is 198 Å². The van der Waals surface area contributed by atoms with Crippen LogP contribution in [0.15, 0.2) is 245 Å². The van der Waals surface area contributed by atoms with Gasteiger partial charge in [-0.2, -0.15) is 0 Å². The van der Waals surface area contributed by atoms with Crippen LogP contribution in [-0.4, -0.2) is 182 Å². The lowest BCUT2D eigenvalue weighted by atomic mass is 10.1. The van der Waals surface area contributed by atoms with E-state index in [9.17, 15) is 15.0 Å². The largest absolute Gasteiger partial charge is 0.496 e. The van der Waals surface area contributed by atoms with Crippen LogP contribution in [0.1, 0.15) is 60.3 Å². The number of carboxylic acids is 1. The number of ether oxygens (including phenoxy) is 3. The number of unbranched alkanes of at least 4 members (excludes halogenated alkanes) is 2. The number of pyridine rings is 2. The second kappa shape index (κ2) is 38.6. The second-order valence-electron chi connectivity index (χ2n) is 27.3. The molecule has 28 heteroatoms. The Labute approximate surface area is 671 Å². The van der Waals surface area contributed by atoms with Crippen LogP contribution in [0.5, 0.6) is 11.5 Å². The molecule has 15 aromatic rings. The van der Waals surface area contributed by atoms with Crippen LogP contribution in [0.25, 0.3) is 62.4 Å². The molecule has 28 nitrogen and oxygen atoms in total. The van der Waals surface area contributed by atoms with E-state index in [-0.39, 0.29) is 18.8 Å². The number of imidazole rings is 4. The first-order valence-corrected chi connectivity index (χ1v) is 38.8. The number of anilines is 9. The van der Waals surface area contributed by atoms with Gasteiger partial charge in [-0.1, -0.05) is 74.4 Å². The third kappa shape index (κ3) is 19.3. The highest BCUT2D eigenvalue weighted by Crippen LogP contribution is 2.39. The number of methoxy groups -OCH3 is 2. The van der Waals surface area contributed by atoms with E-state index in [0.29, 0.717) is 41.0 Å². The Hall–Kier alpha value is -13.8. The molecule has 0 aliphatic carbocycles. The number of fused-ring (bicyclic) bond motifs is 4. The Morgan fingerprint density at radius 1 is 0.560 bits per heavy atom. The molecule has 2 aliphatic rings. The van der Waals surface area contributed by atoms with Crippen LogP contribution in [0, 0.1) is 0 Å². The molecular weight excluding hydrogens is 1460 g/mol. The molecule has 116 heavy (non-hydrogen) atoms. The normalized spacial score (nSPS) is 12.7. The van der Waals surface area contributed by atoms with Gasteiger partial charge in [0.25, 0.3) is 0 Å². The number of carboxylic acid groups (broad SMARTS) is 1. The number of carbonyl (C=O) groups is 1. The molecule has 2 aliphatic heterocycles. The van der Waals surface area contributed by atoms with Gasteiger partial charge in [-0.25, -0.2) is 44.7 Å². The molecule has 592 valence electrons. The van der Waals surface area contributed by atoms with E-state index < -0.39 is 5.97 Å². The Balaban J connectivity index is 0.000000128. The van der Waals surface area contributed by atoms with E-state index in [1.807, 2.05) is 171 Å². The number of rotatable bonds is 26. The highest BCUT2D eigenvalue weighted by Gasteiger charge is 2.24. The SMILES string of the molecule is CCCC/C=C/c1cn2ccnc2c(NCCc2cccnc2)n1.CCN(CCO)c1ccc(Nc2nc(-c3c(OC)cccc3OC)cn3ccnc23)cc1.O=C(O)c1ccc(-c2cn3ccnc3c(N3CCN(c4ccncc4)CC3)n2)cc1.OCc1ccccc1-c1cn2ccnc2c(Nc2ccc(N3CCOCC3)cc2)n1. The smallest absolute Gasteiger partial charge is 0.335 e. The lowest BCUT2D eigenvalue weighted by molar-refractivity contribution is 0.0696.